The summed E-state index contributed by atoms with van der Waals surface area (Å²) >= 11 is 5.49. The largest absolute Gasteiger partial charge is 0.307 e. The lowest BCUT2D eigenvalue weighted by atomic mass is 10.1. The van der Waals surface area contributed by atoms with E-state index in [1.807, 2.05) is 64.3 Å². The van der Waals surface area contributed by atoms with Crippen molar-refractivity contribution >= 4 is 12.2 Å². The average molecular weight is 405 g/mol. The van der Waals surface area contributed by atoms with E-state index in [1.165, 1.54) is 0 Å². The third-order valence-electron chi connectivity index (χ3n) is 4.93. The number of nitrogens with zero attached hydrogens (tertiary/aromatic N) is 6. The summed E-state index contributed by atoms with van der Waals surface area (Å²) in [4.78, 5) is 2.20. The molecular weight excluding hydrogens is 380 g/mol. The Morgan fingerprint density at radius 1 is 0.966 bits per heavy atom. The quantitative estimate of drug-likeness (QED) is 0.452. The maximum Gasteiger partial charge on any atom is 0.198 e. The number of hydrogen-bond donors (Lipinski definition) is 0. The smallest absolute Gasteiger partial charge is 0.198 e. The highest BCUT2D eigenvalue weighted by atomic mass is 32.1. The van der Waals surface area contributed by atoms with E-state index >= 15 is 0 Å². The number of benzene rings is 2. The van der Waals surface area contributed by atoms with Crippen molar-refractivity contribution in [3.63, 3.8) is 0 Å². The van der Waals surface area contributed by atoms with Crippen LogP contribution < -0.4 is 0 Å². The van der Waals surface area contributed by atoms with Gasteiger partial charge in [-0.3, -0.25) is 4.90 Å². The van der Waals surface area contributed by atoms with Crippen molar-refractivity contribution in [1.82, 2.24) is 29.0 Å². The molecule has 148 valence electrons. The molecule has 0 radical (unpaired) electrons. The van der Waals surface area contributed by atoms with Gasteiger partial charge in [0, 0.05) is 30.9 Å². The Morgan fingerprint density at radius 2 is 1.62 bits per heavy atom. The molecule has 2 aromatic carbocycles. The van der Waals surface area contributed by atoms with Crippen molar-refractivity contribution in [2.24, 2.45) is 7.05 Å². The summed E-state index contributed by atoms with van der Waals surface area (Å²) in [6, 6.07) is 20.5. The maximum absolute atomic E-state index is 5.49. The molecule has 0 bridgehead atoms. The number of aryl methyl sites for hydroxylation is 1. The fourth-order valence-electron chi connectivity index (χ4n) is 3.34. The lowest BCUT2D eigenvalue weighted by Gasteiger charge is -2.16. The summed E-state index contributed by atoms with van der Waals surface area (Å²) in [6.07, 6.45) is 2.11. The summed E-state index contributed by atoms with van der Waals surface area (Å²) in [7, 11) is 4.01. The molecule has 2 aromatic heterocycles. The molecule has 0 aliphatic rings. The van der Waals surface area contributed by atoms with E-state index in [0.29, 0.717) is 6.67 Å². The third kappa shape index (κ3) is 4.06. The second-order valence-corrected chi connectivity index (χ2v) is 7.56. The van der Waals surface area contributed by atoms with Crippen LogP contribution in [0.4, 0.5) is 0 Å². The maximum atomic E-state index is 5.49. The molecular formula is C22H24N6S. The molecule has 29 heavy (non-hydrogen) atoms. The predicted molar refractivity (Wildman–Crippen MR) is 117 cm³/mol. The van der Waals surface area contributed by atoms with Crippen LogP contribution in [0.3, 0.4) is 0 Å². The fourth-order valence-corrected chi connectivity index (χ4v) is 3.57. The summed E-state index contributed by atoms with van der Waals surface area (Å²) in [5.41, 5.74) is 4.29. The van der Waals surface area contributed by atoms with Gasteiger partial charge in [0.15, 0.2) is 4.77 Å². The van der Waals surface area contributed by atoms with Gasteiger partial charge in [0.05, 0.1) is 18.1 Å². The Labute approximate surface area is 175 Å². The Morgan fingerprint density at radius 3 is 2.24 bits per heavy atom. The first-order valence-corrected chi connectivity index (χ1v) is 9.92. The van der Waals surface area contributed by atoms with Gasteiger partial charge in [-0.1, -0.05) is 48.5 Å². The van der Waals surface area contributed by atoms with Gasteiger partial charge in [-0.05, 0) is 38.3 Å². The van der Waals surface area contributed by atoms with Gasteiger partial charge in [0.1, 0.15) is 5.82 Å². The van der Waals surface area contributed by atoms with Crippen molar-refractivity contribution in [1.29, 1.82) is 0 Å². The first kappa shape index (κ1) is 19.3. The van der Waals surface area contributed by atoms with Crippen LogP contribution in [0, 0.1) is 11.7 Å². The zero-order valence-electron chi connectivity index (χ0n) is 16.9. The second kappa shape index (κ2) is 8.14. The van der Waals surface area contributed by atoms with Crippen molar-refractivity contribution in [2.75, 3.05) is 7.05 Å². The molecule has 0 atom stereocenters. The van der Waals surface area contributed by atoms with Gasteiger partial charge < -0.3 is 4.57 Å². The molecule has 4 rings (SSSR count). The molecule has 0 spiro atoms. The van der Waals surface area contributed by atoms with Gasteiger partial charge in [-0.25, -0.2) is 9.36 Å². The molecule has 0 fully saturated rings. The van der Waals surface area contributed by atoms with E-state index in [2.05, 4.69) is 47.5 Å². The van der Waals surface area contributed by atoms with Crippen LogP contribution in [0.5, 0.6) is 0 Å². The van der Waals surface area contributed by atoms with Crippen molar-refractivity contribution in [3.8, 4) is 16.9 Å². The molecule has 7 heteroatoms. The second-order valence-electron chi connectivity index (χ2n) is 7.19. The van der Waals surface area contributed by atoms with Gasteiger partial charge in [0.25, 0.3) is 0 Å². The third-order valence-corrected chi connectivity index (χ3v) is 5.42. The van der Waals surface area contributed by atoms with E-state index in [0.717, 1.165) is 39.6 Å². The summed E-state index contributed by atoms with van der Waals surface area (Å²) in [5.74, 6) is 0.908. The Kier molecular flexibility index (Phi) is 5.42. The number of rotatable bonds is 6. The molecule has 6 nitrogen and oxygen atoms in total. The van der Waals surface area contributed by atoms with Gasteiger partial charge in [-0.15, -0.1) is 0 Å². The van der Waals surface area contributed by atoms with Gasteiger partial charge in [-0.2, -0.15) is 10.2 Å². The van der Waals surface area contributed by atoms with E-state index in [9.17, 15) is 0 Å². The first-order chi connectivity index (χ1) is 14.0. The fraction of sp³-hybridized carbons (Fsp3) is 0.227. The van der Waals surface area contributed by atoms with Gasteiger partial charge >= 0.3 is 0 Å². The molecule has 0 aliphatic carbocycles. The average Bonchev–Trinajstić information content (AvgIpc) is 3.26. The van der Waals surface area contributed by atoms with Crippen LogP contribution in [-0.4, -0.2) is 36.1 Å². The van der Waals surface area contributed by atoms with E-state index in [-0.39, 0.29) is 0 Å². The highest BCUT2D eigenvalue weighted by molar-refractivity contribution is 7.71. The predicted octanol–water partition coefficient (Wildman–Crippen LogP) is 4.20. The van der Waals surface area contributed by atoms with Crippen LogP contribution >= 0.6 is 12.2 Å². The minimum atomic E-state index is 0.616. The SMILES string of the molecule is Cc1nn(CN(C)Cc2cn(-c3ccccc3)nc2-c2ccccc2)c(=S)n1C. The molecule has 2 heterocycles. The van der Waals surface area contributed by atoms with E-state index in [1.54, 1.807) is 0 Å². The van der Waals surface area contributed by atoms with Crippen LogP contribution in [-0.2, 0) is 20.3 Å². The van der Waals surface area contributed by atoms with Gasteiger partial charge in [0.2, 0.25) is 0 Å². The van der Waals surface area contributed by atoms with E-state index < -0.39 is 0 Å². The highest BCUT2D eigenvalue weighted by Gasteiger charge is 2.15. The molecule has 4 aromatic rings. The minimum absolute atomic E-state index is 0.616. The van der Waals surface area contributed by atoms with Crippen LogP contribution in [0.1, 0.15) is 11.4 Å². The lowest BCUT2D eigenvalue weighted by molar-refractivity contribution is 0.244. The molecule has 0 N–H and O–H groups in total. The number of hydrogen-bond acceptors (Lipinski definition) is 4. The van der Waals surface area contributed by atoms with Crippen molar-refractivity contribution in [3.05, 3.63) is 83.0 Å². The van der Waals surface area contributed by atoms with Crippen LogP contribution in [0.2, 0.25) is 0 Å². The van der Waals surface area contributed by atoms with Crippen LogP contribution in [0.15, 0.2) is 66.9 Å². The van der Waals surface area contributed by atoms with Crippen LogP contribution in [0.25, 0.3) is 16.9 Å². The topological polar surface area (TPSA) is 43.8 Å². The van der Waals surface area contributed by atoms with Crippen molar-refractivity contribution in [2.45, 2.75) is 20.1 Å². The normalized spacial score (nSPS) is 11.3. The Balaban J connectivity index is 1.65. The number of aromatic nitrogens is 5. The summed E-state index contributed by atoms with van der Waals surface area (Å²) in [6.45, 7) is 3.31. The lowest BCUT2D eigenvalue weighted by Crippen LogP contribution is -2.22. The summed E-state index contributed by atoms with van der Waals surface area (Å²) < 4.78 is 6.44. The molecule has 0 unspecified atom stereocenters. The zero-order valence-corrected chi connectivity index (χ0v) is 17.7. The molecule has 0 amide bonds. The monoisotopic (exact) mass is 404 g/mol. The minimum Gasteiger partial charge on any atom is -0.307 e. The van der Waals surface area contributed by atoms with E-state index in [4.69, 9.17) is 17.3 Å². The Hall–Kier alpha value is -3.03. The highest BCUT2D eigenvalue weighted by Crippen LogP contribution is 2.24. The standard InChI is InChI=1S/C22H24N6S/c1-17-23-28(22(29)26(17)3)16-25(2)14-19-15-27(20-12-8-5-9-13-20)24-21(19)18-10-6-4-7-11-18/h4-13,15H,14,16H2,1-3H3. The van der Waals surface area contributed by atoms with Crippen molar-refractivity contribution < 1.29 is 0 Å². The number of para-hydroxylation sites is 1. The molecule has 0 saturated heterocycles. The summed E-state index contributed by atoms with van der Waals surface area (Å²) in [5, 5.41) is 9.43. The molecule has 0 saturated carbocycles. The molecule has 0 aliphatic heterocycles. The zero-order chi connectivity index (χ0) is 20.4. The Bertz CT molecular complexity index is 1160. The first-order valence-electron chi connectivity index (χ1n) is 9.51.